The van der Waals surface area contributed by atoms with Gasteiger partial charge in [0.05, 0.1) is 13.2 Å². The van der Waals surface area contributed by atoms with Crippen LogP contribution in [0, 0.1) is 47.3 Å². The molecule has 8 saturated heterocycles. The fourth-order valence-corrected chi connectivity index (χ4v) is 10.8. The largest absolute Gasteiger partial charge is 0.394 e. The van der Waals surface area contributed by atoms with Gasteiger partial charge in [-0.05, 0) is 76.0 Å². The fraction of sp³-hybridized carbons (Fsp3) is 1.00. The summed E-state index contributed by atoms with van der Waals surface area (Å²) in [7, 11) is 0. The maximum Gasteiger partial charge on any atom is 0.201 e. The van der Waals surface area contributed by atoms with Crippen LogP contribution >= 0.6 is 0 Å². The van der Waals surface area contributed by atoms with Gasteiger partial charge in [0.25, 0.3) is 0 Å². The van der Waals surface area contributed by atoms with Crippen molar-refractivity contribution < 1.29 is 58.2 Å². The minimum absolute atomic E-state index is 0.0114. The molecule has 0 aromatic carbocycles. The Labute approximate surface area is 271 Å². The summed E-state index contributed by atoms with van der Waals surface area (Å²) in [6.07, 6.45) is 2.65. The third-order valence-corrected chi connectivity index (χ3v) is 13.5. The standard InChI is InChI=1S/C34H54O12/c1-17-7-9-23-19(3)27(39-29-33(23)21(17)11-13-31(5,41-29)43-45-33)37-16-26(25(36)15-35)38-28-20(4)24-10-8-18(2)22-12-14-32(6)42-30(40-28)34(22,24)46-44-32/h17-30,35-36H,7-16H2,1-6H3/t17-,18-,19-,20-,21+,22+,23+,24+,25-,26+,27+,28+,29-,30-,31-,32-,33-,34-/m1/s1. The van der Waals surface area contributed by atoms with Crippen molar-refractivity contribution in [3.63, 3.8) is 0 Å². The van der Waals surface area contributed by atoms with Gasteiger partial charge in [0.1, 0.15) is 12.2 Å². The molecule has 12 heteroatoms. The van der Waals surface area contributed by atoms with Gasteiger partial charge in [0.15, 0.2) is 36.4 Å². The minimum Gasteiger partial charge on any atom is -0.394 e. The number of hydrogen-bond donors (Lipinski definition) is 2. The highest BCUT2D eigenvalue weighted by Crippen LogP contribution is 2.62. The van der Waals surface area contributed by atoms with E-state index >= 15 is 0 Å². The Hall–Kier alpha value is -0.480. The highest BCUT2D eigenvalue weighted by Gasteiger charge is 2.71. The third-order valence-electron chi connectivity index (χ3n) is 13.5. The van der Waals surface area contributed by atoms with E-state index in [0.717, 1.165) is 51.4 Å². The van der Waals surface area contributed by atoms with Gasteiger partial charge in [-0.25, -0.2) is 19.6 Å². The first kappa shape index (κ1) is 32.7. The molecule has 8 aliphatic heterocycles. The molecule has 0 unspecified atom stereocenters. The van der Waals surface area contributed by atoms with Crippen LogP contribution in [0.2, 0.25) is 0 Å². The summed E-state index contributed by atoms with van der Waals surface area (Å²) in [5.74, 6) is -0.333. The third kappa shape index (κ3) is 4.76. The van der Waals surface area contributed by atoms with Crippen LogP contribution in [0.5, 0.6) is 0 Å². The van der Waals surface area contributed by atoms with Gasteiger partial charge in [-0.2, -0.15) is 0 Å². The van der Waals surface area contributed by atoms with E-state index in [2.05, 4.69) is 27.7 Å². The van der Waals surface area contributed by atoms with Crippen LogP contribution in [0.15, 0.2) is 0 Å². The smallest absolute Gasteiger partial charge is 0.201 e. The Morgan fingerprint density at radius 3 is 1.70 bits per heavy atom. The lowest BCUT2D eigenvalue weighted by atomic mass is 9.58. The summed E-state index contributed by atoms with van der Waals surface area (Å²) < 4.78 is 39.2. The molecule has 10 fully saturated rings. The Kier molecular flexibility index (Phi) is 8.20. The highest BCUT2D eigenvalue weighted by molar-refractivity contribution is 5.10. The molecule has 2 saturated carbocycles. The van der Waals surface area contributed by atoms with Crippen LogP contribution in [0.4, 0.5) is 0 Å². The highest BCUT2D eigenvalue weighted by atomic mass is 17.3. The molecule has 2 N–H and O–H groups in total. The van der Waals surface area contributed by atoms with E-state index in [1.807, 2.05) is 13.8 Å². The molecule has 0 aromatic rings. The zero-order chi connectivity index (χ0) is 32.2. The maximum absolute atomic E-state index is 11.0. The minimum atomic E-state index is -1.19. The molecule has 46 heavy (non-hydrogen) atoms. The van der Waals surface area contributed by atoms with Crippen LogP contribution in [-0.2, 0) is 48.0 Å². The summed E-state index contributed by atoms with van der Waals surface area (Å²) in [5, 5.41) is 21.1. The zero-order valence-electron chi connectivity index (χ0n) is 28.1. The Morgan fingerprint density at radius 2 is 1.17 bits per heavy atom. The number of ether oxygens (including phenoxy) is 6. The van der Waals surface area contributed by atoms with Crippen molar-refractivity contribution in [2.45, 2.75) is 153 Å². The van der Waals surface area contributed by atoms with E-state index in [1.54, 1.807) is 0 Å². The Morgan fingerprint density at radius 1 is 0.674 bits per heavy atom. The molecule has 0 radical (unpaired) electrons. The lowest BCUT2D eigenvalue weighted by Gasteiger charge is -2.60. The summed E-state index contributed by atoms with van der Waals surface area (Å²) in [4.78, 5) is 24.4. The topological polar surface area (TPSA) is 133 Å². The lowest BCUT2D eigenvalue weighted by molar-refractivity contribution is -0.579. The molecule has 18 atom stereocenters. The first-order valence-corrected chi connectivity index (χ1v) is 17.9. The van der Waals surface area contributed by atoms with Crippen LogP contribution < -0.4 is 0 Å². The van der Waals surface area contributed by atoms with Gasteiger partial charge in [-0.3, -0.25) is 0 Å². The molecular weight excluding hydrogens is 600 g/mol. The molecule has 8 heterocycles. The first-order valence-electron chi connectivity index (χ1n) is 17.9. The van der Waals surface area contributed by atoms with E-state index in [-0.39, 0.29) is 42.1 Å². The lowest BCUT2D eigenvalue weighted by Crippen LogP contribution is -2.71. The van der Waals surface area contributed by atoms with Crippen molar-refractivity contribution in [2.75, 3.05) is 13.2 Å². The molecule has 4 bridgehead atoms. The predicted octanol–water partition coefficient (Wildman–Crippen LogP) is 4.16. The van der Waals surface area contributed by atoms with Crippen molar-refractivity contribution in [2.24, 2.45) is 47.3 Å². The fourth-order valence-electron chi connectivity index (χ4n) is 10.8. The number of rotatable bonds is 7. The SMILES string of the molecule is C[C@H]1[C@@H](O[C@@H](CO[C@H]2O[C@@H]3O[C@@]4(C)CC[C@H]5[C@H](C)CC[C@@H]([C@H]2C)[C@@]35OO4)[C@H](O)CO)O[C@@H]2O[C@@]3(C)CC[C@H]4[C@H](C)CC[C@@H]1[C@@]24OO3. The molecular formula is C34H54O12. The molecule has 12 nitrogen and oxygen atoms in total. The Bertz CT molecular complexity index is 1140. The monoisotopic (exact) mass is 654 g/mol. The molecule has 262 valence electrons. The summed E-state index contributed by atoms with van der Waals surface area (Å²) in [5.41, 5.74) is -1.41. The average molecular weight is 655 g/mol. The summed E-state index contributed by atoms with van der Waals surface area (Å²) in [6, 6.07) is 0. The van der Waals surface area contributed by atoms with E-state index in [0.29, 0.717) is 11.8 Å². The molecule has 0 amide bonds. The van der Waals surface area contributed by atoms with Gasteiger partial charge in [0.2, 0.25) is 11.6 Å². The summed E-state index contributed by atoms with van der Waals surface area (Å²) in [6.45, 7) is 12.1. The summed E-state index contributed by atoms with van der Waals surface area (Å²) >= 11 is 0. The second kappa shape index (κ2) is 11.5. The number of aliphatic hydroxyl groups excluding tert-OH is 2. The average Bonchev–Trinajstić information content (AvgIpc) is 3.41. The molecule has 10 aliphatic rings. The number of hydrogen-bond acceptors (Lipinski definition) is 12. The van der Waals surface area contributed by atoms with E-state index in [9.17, 15) is 10.2 Å². The van der Waals surface area contributed by atoms with Gasteiger partial charge >= 0.3 is 0 Å². The van der Waals surface area contributed by atoms with Gasteiger partial charge in [-0.15, -0.1) is 0 Å². The van der Waals surface area contributed by atoms with Crippen LogP contribution in [0.3, 0.4) is 0 Å². The van der Waals surface area contributed by atoms with Crippen molar-refractivity contribution in [3.8, 4) is 0 Å². The van der Waals surface area contributed by atoms with Crippen molar-refractivity contribution >= 4 is 0 Å². The predicted molar refractivity (Wildman–Crippen MR) is 158 cm³/mol. The normalized spacial score (nSPS) is 57.1. The Balaban J connectivity index is 1.00. The van der Waals surface area contributed by atoms with Gasteiger partial charge in [-0.1, -0.05) is 27.7 Å². The molecule has 0 aromatic heterocycles. The first-order chi connectivity index (χ1) is 21.9. The van der Waals surface area contributed by atoms with Crippen LogP contribution in [0.1, 0.15) is 92.9 Å². The quantitative estimate of drug-likeness (QED) is 0.382. The molecule has 2 spiro atoms. The van der Waals surface area contributed by atoms with Crippen molar-refractivity contribution in [3.05, 3.63) is 0 Å². The van der Waals surface area contributed by atoms with E-state index in [1.165, 1.54) is 0 Å². The van der Waals surface area contributed by atoms with Crippen molar-refractivity contribution in [1.29, 1.82) is 0 Å². The van der Waals surface area contributed by atoms with Crippen LogP contribution in [-0.4, -0.2) is 83.6 Å². The van der Waals surface area contributed by atoms with Gasteiger partial charge in [0, 0.05) is 36.5 Å². The molecule has 10 rings (SSSR count). The van der Waals surface area contributed by atoms with Crippen molar-refractivity contribution in [1.82, 2.24) is 0 Å². The maximum atomic E-state index is 11.0. The molecule has 2 aliphatic carbocycles. The van der Waals surface area contributed by atoms with E-state index in [4.69, 9.17) is 48.0 Å². The number of fused-ring (bicyclic) bond motifs is 4. The second-order valence-corrected chi connectivity index (χ2v) is 16.3. The zero-order valence-corrected chi connectivity index (χ0v) is 28.1. The van der Waals surface area contributed by atoms with Gasteiger partial charge < -0.3 is 38.6 Å². The number of aliphatic hydroxyl groups is 2. The second-order valence-electron chi connectivity index (χ2n) is 16.3. The van der Waals surface area contributed by atoms with Crippen LogP contribution in [0.25, 0.3) is 0 Å². The van der Waals surface area contributed by atoms with E-state index < -0.39 is 66.8 Å².